The van der Waals surface area contributed by atoms with Crippen molar-refractivity contribution in [3.05, 3.63) is 30.1 Å². The molecule has 2 aromatic heterocycles. The molecule has 1 N–H and O–H groups in total. The van der Waals surface area contributed by atoms with E-state index in [2.05, 4.69) is 25.2 Å². The maximum Gasteiger partial charge on any atom is 0.434 e. The molecule has 0 spiro atoms. The fourth-order valence-electron chi connectivity index (χ4n) is 2.32. The van der Waals surface area contributed by atoms with E-state index in [0.717, 1.165) is 38.7 Å². The van der Waals surface area contributed by atoms with Crippen molar-refractivity contribution in [2.75, 3.05) is 31.1 Å². The maximum absolute atomic E-state index is 12.6. The number of imidazole rings is 1. The Balaban J connectivity index is 1.93. The number of hydrogen-bond donors (Lipinski definition) is 1. The lowest BCUT2D eigenvalue weighted by atomic mass is 10.3. The summed E-state index contributed by atoms with van der Waals surface area (Å²) in [5.74, 6) is 1.60. The van der Waals surface area contributed by atoms with Gasteiger partial charge in [-0.05, 0) is 6.92 Å². The number of nitrogens with zero attached hydrogens (tertiary/aromatic N) is 5. The van der Waals surface area contributed by atoms with Crippen LogP contribution in [0, 0.1) is 6.92 Å². The fourth-order valence-corrected chi connectivity index (χ4v) is 2.32. The zero-order valence-corrected chi connectivity index (χ0v) is 11.9. The largest absolute Gasteiger partial charge is 0.434 e. The first-order valence-electron chi connectivity index (χ1n) is 6.86. The minimum absolute atomic E-state index is 0.379. The van der Waals surface area contributed by atoms with E-state index in [1.165, 1.54) is 4.57 Å². The number of anilines is 1. The summed E-state index contributed by atoms with van der Waals surface area (Å²) in [6.45, 7) is 5.02. The second-order valence-corrected chi connectivity index (χ2v) is 5.03. The van der Waals surface area contributed by atoms with E-state index in [1.807, 2.05) is 0 Å². The Morgan fingerprint density at radius 3 is 2.45 bits per heavy atom. The molecule has 0 unspecified atom stereocenters. The van der Waals surface area contributed by atoms with Gasteiger partial charge in [0.1, 0.15) is 23.8 Å². The highest BCUT2D eigenvalue weighted by molar-refractivity contribution is 5.45. The molecule has 0 atom stereocenters. The molecule has 1 aliphatic rings. The van der Waals surface area contributed by atoms with E-state index in [9.17, 15) is 13.2 Å². The van der Waals surface area contributed by atoms with Crippen molar-refractivity contribution < 1.29 is 13.2 Å². The third-order valence-electron chi connectivity index (χ3n) is 3.39. The second-order valence-electron chi connectivity index (χ2n) is 5.03. The summed E-state index contributed by atoms with van der Waals surface area (Å²) in [7, 11) is 0. The van der Waals surface area contributed by atoms with Gasteiger partial charge in [0, 0.05) is 38.4 Å². The standard InChI is InChI=1S/C13H15F3N6/c1-9-19-11(21-4-2-17-3-5-21)6-12(20-9)22-7-10(18-8-22)13(14,15)16/h6-8,17H,2-5H2,1H3. The number of nitrogens with one attached hydrogen (secondary N) is 1. The van der Waals surface area contributed by atoms with Crippen LogP contribution in [0.1, 0.15) is 11.5 Å². The topological polar surface area (TPSA) is 58.9 Å². The van der Waals surface area contributed by atoms with E-state index in [4.69, 9.17) is 0 Å². The number of rotatable bonds is 2. The van der Waals surface area contributed by atoms with Crippen LogP contribution in [0.4, 0.5) is 19.0 Å². The average Bonchev–Trinajstić information content (AvgIpc) is 2.97. The van der Waals surface area contributed by atoms with Crippen LogP contribution in [0.5, 0.6) is 0 Å². The van der Waals surface area contributed by atoms with Crippen LogP contribution in [0.2, 0.25) is 0 Å². The average molecular weight is 312 g/mol. The zero-order chi connectivity index (χ0) is 15.7. The van der Waals surface area contributed by atoms with E-state index in [1.54, 1.807) is 13.0 Å². The van der Waals surface area contributed by atoms with Crippen LogP contribution in [0.3, 0.4) is 0 Å². The predicted octanol–water partition coefficient (Wildman–Crippen LogP) is 1.40. The Morgan fingerprint density at radius 1 is 1.14 bits per heavy atom. The van der Waals surface area contributed by atoms with Gasteiger partial charge in [-0.15, -0.1) is 0 Å². The van der Waals surface area contributed by atoms with Crippen molar-refractivity contribution in [3.8, 4) is 5.82 Å². The van der Waals surface area contributed by atoms with Gasteiger partial charge in [0.2, 0.25) is 0 Å². The summed E-state index contributed by atoms with van der Waals surface area (Å²) in [5.41, 5.74) is -0.938. The molecular formula is C13H15F3N6. The van der Waals surface area contributed by atoms with Crippen molar-refractivity contribution in [1.82, 2.24) is 24.8 Å². The van der Waals surface area contributed by atoms with Crippen molar-refractivity contribution in [2.24, 2.45) is 0 Å². The smallest absolute Gasteiger partial charge is 0.354 e. The van der Waals surface area contributed by atoms with Gasteiger partial charge in [-0.2, -0.15) is 13.2 Å². The van der Waals surface area contributed by atoms with Crippen LogP contribution in [0.25, 0.3) is 5.82 Å². The Morgan fingerprint density at radius 2 is 1.82 bits per heavy atom. The molecule has 0 aliphatic carbocycles. The highest BCUT2D eigenvalue weighted by atomic mass is 19.4. The van der Waals surface area contributed by atoms with Crippen molar-refractivity contribution >= 4 is 5.82 Å². The number of aryl methyl sites for hydroxylation is 1. The van der Waals surface area contributed by atoms with Crippen LogP contribution in [0.15, 0.2) is 18.6 Å². The Kier molecular flexibility index (Phi) is 3.73. The molecule has 3 heterocycles. The SMILES string of the molecule is Cc1nc(N2CCNCC2)cc(-n2cnc(C(F)(F)F)c2)n1. The molecule has 2 aromatic rings. The van der Waals surface area contributed by atoms with E-state index >= 15 is 0 Å². The number of aromatic nitrogens is 4. The molecule has 0 bridgehead atoms. The number of halogens is 3. The van der Waals surface area contributed by atoms with Crippen LogP contribution in [-0.4, -0.2) is 45.7 Å². The van der Waals surface area contributed by atoms with Crippen molar-refractivity contribution in [3.63, 3.8) is 0 Å². The molecular weight excluding hydrogens is 297 g/mol. The molecule has 0 radical (unpaired) electrons. The lowest BCUT2D eigenvalue weighted by Crippen LogP contribution is -2.44. The van der Waals surface area contributed by atoms with Gasteiger partial charge in [0.05, 0.1) is 0 Å². The second kappa shape index (κ2) is 5.56. The zero-order valence-electron chi connectivity index (χ0n) is 11.9. The van der Waals surface area contributed by atoms with Crippen LogP contribution in [-0.2, 0) is 6.18 Å². The lowest BCUT2D eigenvalue weighted by Gasteiger charge is -2.28. The molecule has 1 fully saturated rings. The predicted molar refractivity (Wildman–Crippen MR) is 74.0 cm³/mol. The summed E-state index contributed by atoms with van der Waals surface area (Å²) in [6.07, 6.45) is -2.41. The molecule has 9 heteroatoms. The van der Waals surface area contributed by atoms with Gasteiger partial charge >= 0.3 is 6.18 Å². The molecule has 118 valence electrons. The molecule has 22 heavy (non-hydrogen) atoms. The number of piperazine rings is 1. The molecule has 3 rings (SSSR count). The molecule has 0 amide bonds. The van der Waals surface area contributed by atoms with Crippen molar-refractivity contribution in [2.45, 2.75) is 13.1 Å². The fraction of sp³-hybridized carbons (Fsp3) is 0.462. The van der Waals surface area contributed by atoms with Gasteiger partial charge in [0.15, 0.2) is 5.69 Å². The minimum atomic E-state index is -4.46. The van der Waals surface area contributed by atoms with Crippen molar-refractivity contribution in [1.29, 1.82) is 0 Å². The molecule has 1 saturated heterocycles. The maximum atomic E-state index is 12.6. The van der Waals surface area contributed by atoms with Crippen LogP contribution < -0.4 is 10.2 Å². The number of hydrogen-bond acceptors (Lipinski definition) is 5. The monoisotopic (exact) mass is 312 g/mol. The summed E-state index contributed by atoms with van der Waals surface area (Å²) < 4.78 is 39.2. The first-order chi connectivity index (χ1) is 10.4. The van der Waals surface area contributed by atoms with Gasteiger partial charge in [-0.25, -0.2) is 15.0 Å². The van der Waals surface area contributed by atoms with Gasteiger partial charge in [-0.3, -0.25) is 4.57 Å². The van der Waals surface area contributed by atoms with Gasteiger partial charge in [-0.1, -0.05) is 0 Å². The Bertz CT molecular complexity index is 660. The quantitative estimate of drug-likeness (QED) is 0.908. The van der Waals surface area contributed by atoms with Gasteiger partial charge < -0.3 is 10.2 Å². The highest BCUT2D eigenvalue weighted by Crippen LogP contribution is 2.28. The normalized spacial score (nSPS) is 16.1. The minimum Gasteiger partial charge on any atom is -0.354 e. The molecule has 0 saturated carbocycles. The first kappa shape index (κ1) is 14.8. The third-order valence-corrected chi connectivity index (χ3v) is 3.39. The van der Waals surface area contributed by atoms with Gasteiger partial charge in [0.25, 0.3) is 0 Å². The van der Waals surface area contributed by atoms with E-state index < -0.39 is 11.9 Å². The first-order valence-corrected chi connectivity index (χ1v) is 6.86. The molecule has 6 nitrogen and oxygen atoms in total. The Hall–Kier alpha value is -2.16. The molecule has 0 aromatic carbocycles. The Labute approximate surface area is 125 Å². The third kappa shape index (κ3) is 3.03. The highest BCUT2D eigenvalue weighted by Gasteiger charge is 2.33. The summed E-state index contributed by atoms with van der Waals surface area (Å²) in [5, 5.41) is 3.24. The number of alkyl halides is 3. The summed E-state index contributed by atoms with van der Waals surface area (Å²) >= 11 is 0. The van der Waals surface area contributed by atoms with Crippen LogP contribution >= 0.6 is 0 Å². The lowest BCUT2D eigenvalue weighted by molar-refractivity contribution is -0.140. The van der Waals surface area contributed by atoms with E-state index in [0.29, 0.717) is 17.5 Å². The van der Waals surface area contributed by atoms with E-state index in [-0.39, 0.29) is 0 Å². The molecule has 1 aliphatic heterocycles. The summed E-state index contributed by atoms with van der Waals surface area (Å²) in [6, 6.07) is 1.68. The summed E-state index contributed by atoms with van der Waals surface area (Å²) in [4.78, 5) is 14.0.